The molecule has 1 heteroatoms. The first-order valence-electron chi connectivity index (χ1n) is 7.71. The fourth-order valence-electron chi connectivity index (χ4n) is 2.76. The molecule has 1 heterocycles. The van der Waals surface area contributed by atoms with Gasteiger partial charge in [0.2, 0.25) is 0 Å². The number of rotatable bonds is 4. The van der Waals surface area contributed by atoms with Crippen molar-refractivity contribution in [2.75, 3.05) is 0 Å². The van der Waals surface area contributed by atoms with Crippen LogP contribution in [-0.4, -0.2) is 20.2 Å². The van der Waals surface area contributed by atoms with E-state index in [-0.39, 0.29) is 0 Å². The molecule has 0 bridgehead atoms. The van der Waals surface area contributed by atoms with Crippen LogP contribution >= 0.6 is 0 Å². The Bertz CT molecular complexity index is 653. The number of benzene rings is 2. The summed E-state index contributed by atoms with van der Waals surface area (Å²) in [4.78, 5) is 0. The van der Waals surface area contributed by atoms with E-state index in [1.54, 1.807) is 10.5 Å². The molecule has 1 aliphatic rings. The minimum absolute atomic E-state index is 1.26. The maximum atomic E-state index is 2.41. The van der Waals surface area contributed by atoms with Gasteiger partial charge in [-0.1, -0.05) is 0 Å². The van der Waals surface area contributed by atoms with Crippen LogP contribution in [0.1, 0.15) is 31.7 Å². The van der Waals surface area contributed by atoms with Gasteiger partial charge < -0.3 is 0 Å². The molecule has 0 N–H and O–H groups in total. The molecule has 2 aromatic rings. The number of hydrogen-bond donors (Lipinski definition) is 0. The van der Waals surface area contributed by atoms with Gasteiger partial charge in [0.1, 0.15) is 0 Å². The standard InChI is InChI=1S/C14H16.C6H5.Sb/c1-2-3-4-5-6-8-11-14-12-9-7-10-13-14;1-2-4-6-5-3-1;/h6-12H,2-4H2,1H3;1-5H;. The van der Waals surface area contributed by atoms with Crippen molar-refractivity contribution in [1.29, 1.82) is 0 Å². The van der Waals surface area contributed by atoms with Crippen molar-refractivity contribution in [2.24, 2.45) is 0 Å². The third-order valence-corrected chi connectivity index (χ3v) is 11.4. The van der Waals surface area contributed by atoms with Gasteiger partial charge in [-0.15, -0.1) is 0 Å². The van der Waals surface area contributed by atoms with Crippen LogP contribution in [0.3, 0.4) is 0 Å². The second-order valence-electron chi connectivity index (χ2n) is 5.35. The van der Waals surface area contributed by atoms with E-state index in [9.17, 15) is 0 Å². The molecule has 0 atom stereocenters. The second kappa shape index (κ2) is 7.14. The third kappa shape index (κ3) is 3.32. The molecule has 2 aromatic carbocycles. The molecule has 0 aliphatic carbocycles. The van der Waals surface area contributed by atoms with Gasteiger partial charge in [0.25, 0.3) is 0 Å². The molecule has 0 amide bonds. The van der Waals surface area contributed by atoms with Crippen molar-refractivity contribution < 1.29 is 0 Å². The molecule has 3 rings (SSSR count). The number of hydrogen-bond acceptors (Lipinski definition) is 0. The van der Waals surface area contributed by atoms with Crippen molar-refractivity contribution in [3.8, 4) is 0 Å². The maximum absolute atomic E-state index is 2.41. The molecule has 0 saturated heterocycles. The van der Waals surface area contributed by atoms with Crippen LogP contribution < -0.4 is 7.02 Å². The number of fused-ring (bicyclic) bond motifs is 1. The number of allylic oxidation sites excluding steroid dienone is 3. The SMILES string of the molecule is CCCC[C]1=CC=Cc2cccc[c]2[Sb]1[c]1ccccc1. The first kappa shape index (κ1) is 14.7. The summed E-state index contributed by atoms with van der Waals surface area (Å²) in [7, 11) is 0. The van der Waals surface area contributed by atoms with Crippen LogP contribution in [0.15, 0.2) is 70.3 Å². The van der Waals surface area contributed by atoms with Crippen molar-refractivity contribution >= 4 is 33.3 Å². The molecule has 106 valence electrons. The van der Waals surface area contributed by atoms with Gasteiger partial charge in [0.05, 0.1) is 0 Å². The average Bonchev–Trinajstić information content (AvgIpc) is 2.72. The molecule has 0 saturated carbocycles. The van der Waals surface area contributed by atoms with Crippen molar-refractivity contribution in [3.05, 3.63) is 75.8 Å². The summed E-state index contributed by atoms with van der Waals surface area (Å²) in [5, 5.41) is 0. The topological polar surface area (TPSA) is 0 Å². The predicted octanol–water partition coefficient (Wildman–Crippen LogP) is 3.98. The molecule has 0 unspecified atom stereocenters. The molecular weight excluding hydrogens is 362 g/mol. The van der Waals surface area contributed by atoms with Gasteiger partial charge in [-0.3, -0.25) is 0 Å². The molecule has 21 heavy (non-hydrogen) atoms. The van der Waals surface area contributed by atoms with E-state index < -0.39 is 20.2 Å². The second-order valence-corrected chi connectivity index (χ2v) is 11.8. The normalized spacial score (nSPS) is 14.4. The van der Waals surface area contributed by atoms with Crippen LogP contribution in [0.25, 0.3) is 6.08 Å². The van der Waals surface area contributed by atoms with E-state index in [4.69, 9.17) is 0 Å². The molecule has 0 fully saturated rings. The predicted molar refractivity (Wildman–Crippen MR) is 94.5 cm³/mol. The first-order valence-corrected chi connectivity index (χ1v) is 11.5. The van der Waals surface area contributed by atoms with Gasteiger partial charge in [0, 0.05) is 0 Å². The third-order valence-electron chi connectivity index (χ3n) is 3.83. The Morgan fingerprint density at radius 2 is 1.67 bits per heavy atom. The molecule has 0 aromatic heterocycles. The average molecular weight is 383 g/mol. The minimum atomic E-state index is -1.81. The summed E-state index contributed by atoms with van der Waals surface area (Å²) in [5.41, 5.74) is 1.42. The van der Waals surface area contributed by atoms with Crippen molar-refractivity contribution in [2.45, 2.75) is 26.2 Å². The fraction of sp³-hybridized carbons (Fsp3) is 0.200. The summed E-state index contributed by atoms with van der Waals surface area (Å²) in [6.45, 7) is 2.28. The van der Waals surface area contributed by atoms with Gasteiger partial charge in [-0.25, -0.2) is 0 Å². The Hall–Kier alpha value is -1.26. The summed E-state index contributed by atoms with van der Waals surface area (Å²) >= 11 is -1.81. The molecule has 0 nitrogen and oxygen atoms in total. The van der Waals surface area contributed by atoms with E-state index in [2.05, 4.69) is 79.7 Å². The van der Waals surface area contributed by atoms with Crippen LogP contribution in [0.2, 0.25) is 0 Å². The Balaban J connectivity index is 2.09. The molecule has 0 radical (unpaired) electrons. The monoisotopic (exact) mass is 382 g/mol. The summed E-state index contributed by atoms with van der Waals surface area (Å²) in [6, 6.07) is 20.2. The van der Waals surface area contributed by atoms with Crippen LogP contribution in [0.4, 0.5) is 0 Å². The van der Waals surface area contributed by atoms with Gasteiger partial charge in [0.15, 0.2) is 0 Å². The first-order chi connectivity index (χ1) is 10.4. The number of unbranched alkanes of at least 4 members (excludes halogenated alkanes) is 1. The van der Waals surface area contributed by atoms with E-state index >= 15 is 0 Å². The summed E-state index contributed by atoms with van der Waals surface area (Å²) in [6.07, 6.45) is 10.8. The zero-order valence-electron chi connectivity index (χ0n) is 12.5. The van der Waals surface area contributed by atoms with E-state index in [0.717, 1.165) is 0 Å². The van der Waals surface area contributed by atoms with E-state index in [1.807, 2.05) is 0 Å². The molecule has 0 spiro atoms. The van der Waals surface area contributed by atoms with Gasteiger partial charge >= 0.3 is 135 Å². The zero-order valence-corrected chi connectivity index (χ0v) is 15.0. The van der Waals surface area contributed by atoms with Crippen LogP contribution in [-0.2, 0) is 0 Å². The van der Waals surface area contributed by atoms with Crippen LogP contribution in [0.5, 0.6) is 0 Å². The van der Waals surface area contributed by atoms with E-state index in [1.165, 1.54) is 24.8 Å². The summed E-state index contributed by atoms with van der Waals surface area (Å²) < 4.78 is 4.91. The fourth-order valence-corrected chi connectivity index (χ4v) is 10.3. The Morgan fingerprint density at radius 3 is 2.48 bits per heavy atom. The Morgan fingerprint density at radius 1 is 0.905 bits per heavy atom. The quantitative estimate of drug-likeness (QED) is 0.701. The Kier molecular flexibility index (Phi) is 4.99. The van der Waals surface area contributed by atoms with Gasteiger partial charge in [-0.05, 0) is 0 Å². The van der Waals surface area contributed by atoms with Crippen molar-refractivity contribution in [3.63, 3.8) is 0 Å². The molecular formula is C20H21Sb. The molecule has 1 aliphatic heterocycles. The van der Waals surface area contributed by atoms with Crippen molar-refractivity contribution in [1.82, 2.24) is 0 Å². The van der Waals surface area contributed by atoms with Gasteiger partial charge in [-0.2, -0.15) is 0 Å². The van der Waals surface area contributed by atoms with Crippen LogP contribution in [0, 0.1) is 0 Å². The van der Waals surface area contributed by atoms with E-state index in [0.29, 0.717) is 0 Å². The Labute approximate surface area is 135 Å². The summed E-state index contributed by atoms with van der Waals surface area (Å²) in [5.74, 6) is 0. The zero-order chi connectivity index (χ0) is 14.5.